The van der Waals surface area contributed by atoms with Crippen LogP contribution in [0.3, 0.4) is 0 Å². The number of anilines is 1. The molecule has 0 spiro atoms. The van der Waals surface area contributed by atoms with Gasteiger partial charge in [0.2, 0.25) is 16.5 Å². The van der Waals surface area contributed by atoms with Gasteiger partial charge in [0.15, 0.2) is 0 Å². The van der Waals surface area contributed by atoms with Gasteiger partial charge in [-0.2, -0.15) is 15.0 Å². The van der Waals surface area contributed by atoms with Crippen LogP contribution in [-0.2, 0) is 0 Å². The second kappa shape index (κ2) is 3.84. The summed E-state index contributed by atoms with van der Waals surface area (Å²) in [6, 6.07) is 0. The number of nitrogens with zero attached hydrogens (tertiary/aromatic N) is 3. The molecule has 0 fully saturated rings. The second-order valence-electron chi connectivity index (χ2n) is 2.02. The summed E-state index contributed by atoms with van der Waals surface area (Å²) in [5.74, 6) is 0.148. The van der Waals surface area contributed by atoms with Crippen LogP contribution in [0.15, 0.2) is 0 Å². The van der Waals surface area contributed by atoms with Gasteiger partial charge in [0.1, 0.15) is 6.23 Å². The molecule has 5 nitrogen and oxygen atoms in total. The van der Waals surface area contributed by atoms with Crippen LogP contribution in [0.5, 0.6) is 0 Å². The Morgan fingerprint density at radius 2 is 1.75 bits per heavy atom. The van der Waals surface area contributed by atoms with E-state index in [9.17, 15) is 0 Å². The lowest BCUT2D eigenvalue weighted by atomic mass is 10.6. The lowest BCUT2D eigenvalue weighted by molar-refractivity contribution is 0.223. The van der Waals surface area contributed by atoms with E-state index in [1.165, 1.54) is 6.92 Å². The van der Waals surface area contributed by atoms with Crippen molar-refractivity contribution < 1.29 is 5.11 Å². The summed E-state index contributed by atoms with van der Waals surface area (Å²) in [5, 5.41) is 11.4. The molecule has 1 aromatic rings. The highest BCUT2D eigenvalue weighted by atomic mass is 35.5. The molecule has 1 aromatic heterocycles. The first-order chi connectivity index (χ1) is 5.58. The molecule has 0 aromatic carbocycles. The van der Waals surface area contributed by atoms with E-state index in [2.05, 4.69) is 20.3 Å². The van der Waals surface area contributed by atoms with E-state index in [4.69, 9.17) is 28.3 Å². The highest BCUT2D eigenvalue weighted by Gasteiger charge is 2.03. The number of nitrogens with one attached hydrogen (secondary N) is 1. The number of rotatable bonds is 2. The molecule has 0 aliphatic rings. The van der Waals surface area contributed by atoms with Crippen molar-refractivity contribution in [2.24, 2.45) is 0 Å². The van der Waals surface area contributed by atoms with Crippen molar-refractivity contribution >= 4 is 29.2 Å². The van der Waals surface area contributed by atoms with Gasteiger partial charge in [-0.15, -0.1) is 0 Å². The molecule has 0 bridgehead atoms. The Morgan fingerprint density at radius 1 is 1.25 bits per heavy atom. The van der Waals surface area contributed by atoms with Gasteiger partial charge in [0, 0.05) is 0 Å². The monoisotopic (exact) mass is 208 g/mol. The largest absolute Gasteiger partial charge is 0.374 e. The van der Waals surface area contributed by atoms with Crippen LogP contribution >= 0.6 is 23.2 Å². The van der Waals surface area contributed by atoms with Gasteiger partial charge < -0.3 is 10.4 Å². The predicted octanol–water partition coefficient (Wildman–Crippen LogP) is 0.929. The van der Waals surface area contributed by atoms with E-state index >= 15 is 0 Å². The van der Waals surface area contributed by atoms with Gasteiger partial charge in [-0.05, 0) is 30.1 Å². The molecule has 2 N–H and O–H groups in total. The average molecular weight is 209 g/mol. The molecule has 0 amide bonds. The zero-order valence-electron chi connectivity index (χ0n) is 6.12. The molecule has 0 radical (unpaired) electrons. The van der Waals surface area contributed by atoms with Crippen LogP contribution in [0.1, 0.15) is 6.92 Å². The smallest absolute Gasteiger partial charge is 0.230 e. The summed E-state index contributed by atoms with van der Waals surface area (Å²) < 4.78 is 0. The Bertz CT molecular complexity index is 260. The van der Waals surface area contributed by atoms with Crippen molar-refractivity contribution in [2.75, 3.05) is 5.32 Å². The minimum atomic E-state index is -0.764. The standard InChI is InChI=1S/C5H6Cl2N4O/c1-2(12)8-5-10-3(6)9-4(7)11-5/h2,12H,1H3,(H,8,9,10,11). The van der Waals surface area contributed by atoms with E-state index < -0.39 is 6.23 Å². The minimum Gasteiger partial charge on any atom is -0.374 e. The summed E-state index contributed by atoms with van der Waals surface area (Å²) in [7, 11) is 0. The topological polar surface area (TPSA) is 70.9 Å². The summed E-state index contributed by atoms with van der Waals surface area (Å²) >= 11 is 10.9. The van der Waals surface area contributed by atoms with Crippen LogP contribution in [0.25, 0.3) is 0 Å². The van der Waals surface area contributed by atoms with Gasteiger partial charge in [0.25, 0.3) is 0 Å². The van der Waals surface area contributed by atoms with Crippen LogP contribution in [0.4, 0.5) is 5.95 Å². The lowest BCUT2D eigenvalue weighted by Crippen LogP contribution is -2.16. The molecular weight excluding hydrogens is 203 g/mol. The van der Waals surface area contributed by atoms with E-state index in [0.717, 1.165) is 0 Å². The zero-order chi connectivity index (χ0) is 9.14. The van der Waals surface area contributed by atoms with Crippen molar-refractivity contribution in [2.45, 2.75) is 13.2 Å². The van der Waals surface area contributed by atoms with Crippen molar-refractivity contribution in [1.29, 1.82) is 0 Å². The fourth-order valence-electron chi connectivity index (χ4n) is 0.577. The summed E-state index contributed by atoms with van der Waals surface area (Å²) in [6.45, 7) is 1.52. The number of aliphatic hydroxyl groups is 1. The van der Waals surface area contributed by atoms with Crippen molar-refractivity contribution in [1.82, 2.24) is 15.0 Å². The number of aromatic nitrogens is 3. The van der Waals surface area contributed by atoms with Gasteiger partial charge in [-0.1, -0.05) is 0 Å². The van der Waals surface area contributed by atoms with Crippen LogP contribution in [0, 0.1) is 0 Å². The third kappa shape index (κ3) is 2.77. The summed E-state index contributed by atoms with van der Waals surface area (Å²) in [6.07, 6.45) is -0.764. The van der Waals surface area contributed by atoms with E-state index in [0.29, 0.717) is 0 Å². The molecule has 12 heavy (non-hydrogen) atoms. The van der Waals surface area contributed by atoms with Gasteiger partial charge >= 0.3 is 0 Å². The molecule has 1 atom stereocenters. The lowest BCUT2D eigenvalue weighted by Gasteiger charge is -2.06. The maximum atomic E-state index is 8.89. The van der Waals surface area contributed by atoms with Gasteiger partial charge in [-0.3, -0.25) is 0 Å². The molecule has 66 valence electrons. The second-order valence-corrected chi connectivity index (χ2v) is 2.69. The van der Waals surface area contributed by atoms with Crippen LogP contribution < -0.4 is 5.32 Å². The number of hydrogen-bond acceptors (Lipinski definition) is 5. The molecule has 0 aliphatic heterocycles. The quantitative estimate of drug-likeness (QED) is 0.709. The Hall–Kier alpha value is -0.650. The number of hydrogen-bond donors (Lipinski definition) is 2. The molecule has 1 rings (SSSR count). The number of aliphatic hydroxyl groups excluding tert-OH is 1. The summed E-state index contributed by atoms with van der Waals surface area (Å²) in [4.78, 5) is 10.9. The fourth-order valence-corrected chi connectivity index (χ4v) is 0.941. The first-order valence-electron chi connectivity index (χ1n) is 3.09. The van der Waals surface area contributed by atoms with Gasteiger partial charge in [-0.25, -0.2) is 0 Å². The van der Waals surface area contributed by atoms with Crippen molar-refractivity contribution in [3.05, 3.63) is 10.6 Å². The first kappa shape index (κ1) is 9.44. The number of halogens is 2. The van der Waals surface area contributed by atoms with Crippen LogP contribution in [-0.4, -0.2) is 26.3 Å². The molecule has 0 saturated heterocycles. The molecule has 1 heterocycles. The normalized spacial score (nSPS) is 12.7. The van der Waals surface area contributed by atoms with Gasteiger partial charge in [0.05, 0.1) is 0 Å². The average Bonchev–Trinajstić information content (AvgIpc) is 1.81. The summed E-state index contributed by atoms with van der Waals surface area (Å²) in [5.41, 5.74) is 0. The van der Waals surface area contributed by atoms with E-state index in [-0.39, 0.29) is 16.5 Å². The van der Waals surface area contributed by atoms with E-state index in [1.807, 2.05) is 0 Å². The molecule has 7 heteroatoms. The van der Waals surface area contributed by atoms with Crippen LogP contribution in [0.2, 0.25) is 10.6 Å². The molecule has 0 aliphatic carbocycles. The predicted molar refractivity (Wildman–Crippen MR) is 45.2 cm³/mol. The Kier molecular flexibility index (Phi) is 3.02. The maximum Gasteiger partial charge on any atom is 0.230 e. The SMILES string of the molecule is CC(O)Nc1nc(Cl)nc(Cl)n1. The third-order valence-corrected chi connectivity index (χ3v) is 1.26. The van der Waals surface area contributed by atoms with E-state index in [1.54, 1.807) is 0 Å². The minimum absolute atomic E-state index is 0.0156. The highest BCUT2D eigenvalue weighted by Crippen LogP contribution is 2.09. The Balaban J connectivity index is 2.85. The first-order valence-corrected chi connectivity index (χ1v) is 3.85. The third-order valence-electron chi connectivity index (χ3n) is 0.919. The van der Waals surface area contributed by atoms with Crippen molar-refractivity contribution in [3.63, 3.8) is 0 Å². The Labute approximate surface area is 78.8 Å². The van der Waals surface area contributed by atoms with Crippen molar-refractivity contribution in [3.8, 4) is 0 Å². The highest BCUT2D eigenvalue weighted by molar-refractivity contribution is 6.31. The molecule has 1 unspecified atom stereocenters. The molecule has 0 saturated carbocycles. The zero-order valence-corrected chi connectivity index (χ0v) is 7.63. The maximum absolute atomic E-state index is 8.89. The Morgan fingerprint density at radius 3 is 2.17 bits per heavy atom. The fraction of sp³-hybridized carbons (Fsp3) is 0.400. The molecular formula is C5H6Cl2N4O.